The fourth-order valence-corrected chi connectivity index (χ4v) is 2.99. The standard InChI is InChI=1S/C17H21NO2/c1-20-16-5-4-13-10-15(3-2-14(13)11-16)17(19)12-6-8-18-9-7-12/h2-5,10-12,17-19H,6-9H2,1H3. The average Bonchev–Trinajstić information content (AvgIpc) is 2.54. The number of benzene rings is 2. The van der Waals surface area contributed by atoms with Crippen molar-refractivity contribution in [3.63, 3.8) is 0 Å². The van der Waals surface area contributed by atoms with Crippen molar-refractivity contribution in [1.82, 2.24) is 5.32 Å². The van der Waals surface area contributed by atoms with Gasteiger partial charge in [-0.05, 0) is 66.4 Å². The maximum atomic E-state index is 10.6. The molecule has 0 aliphatic carbocycles. The first kappa shape index (κ1) is 13.4. The van der Waals surface area contributed by atoms with E-state index in [-0.39, 0.29) is 6.10 Å². The van der Waals surface area contributed by atoms with Crippen LogP contribution in [-0.2, 0) is 0 Å². The van der Waals surface area contributed by atoms with Gasteiger partial charge in [0.1, 0.15) is 5.75 Å². The van der Waals surface area contributed by atoms with Gasteiger partial charge < -0.3 is 15.2 Å². The number of aliphatic hydroxyl groups excluding tert-OH is 1. The molecule has 0 amide bonds. The van der Waals surface area contributed by atoms with Crippen molar-refractivity contribution in [2.75, 3.05) is 20.2 Å². The molecule has 2 N–H and O–H groups in total. The summed E-state index contributed by atoms with van der Waals surface area (Å²) in [5.41, 5.74) is 1.02. The molecule has 1 atom stereocenters. The van der Waals surface area contributed by atoms with Crippen LogP contribution < -0.4 is 10.1 Å². The molecule has 0 aromatic heterocycles. The van der Waals surface area contributed by atoms with Crippen LogP contribution in [0.2, 0.25) is 0 Å². The number of rotatable bonds is 3. The van der Waals surface area contributed by atoms with Gasteiger partial charge >= 0.3 is 0 Å². The van der Waals surface area contributed by atoms with Crippen molar-refractivity contribution in [2.45, 2.75) is 18.9 Å². The van der Waals surface area contributed by atoms with Crippen molar-refractivity contribution in [3.8, 4) is 5.75 Å². The van der Waals surface area contributed by atoms with Crippen LogP contribution in [0.25, 0.3) is 10.8 Å². The molecule has 3 nitrogen and oxygen atoms in total. The van der Waals surface area contributed by atoms with Crippen LogP contribution >= 0.6 is 0 Å². The first-order valence-electron chi connectivity index (χ1n) is 7.24. The van der Waals surface area contributed by atoms with Crippen molar-refractivity contribution >= 4 is 10.8 Å². The monoisotopic (exact) mass is 271 g/mol. The number of hydrogen-bond donors (Lipinski definition) is 2. The lowest BCUT2D eigenvalue weighted by Gasteiger charge is -2.27. The Labute approximate surface area is 119 Å². The highest BCUT2D eigenvalue weighted by Crippen LogP contribution is 2.31. The Morgan fingerprint density at radius 1 is 1.10 bits per heavy atom. The molecule has 1 aliphatic rings. The molecule has 1 heterocycles. The second kappa shape index (κ2) is 5.81. The topological polar surface area (TPSA) is 41.5 Å². The van der Waals surface area contributed by atoms with E-state index in [1.165, 1.54) is 0 Å². The molecule has 2 aromatic rings. The Balaban J connectivity index is 1.88. The van der Waals surface area contributed by atoms with E-state index in [0.717, 1.165) is 48.0 Å². The summed E-state index contributed by atoms with van der Waals surface area (Å²) < 4.78 is 5.24. The highest BCUT2D eigenvalue weighted by molar-refractivity contribution is 5.84. The third-order valence-electron chi connectivity index (χ3n) is 4.24. The first-order chi connectivity index (χ1) is 9.78. The Kier molecular flexibility index (Phi) is 3.90. The van der Waals surface area contributed by atoms with Crippen LogP contribution in [-0.4, -0.2) is 25.3 Å². The summed E-state index contributed by atoms with van der Waals surface area (Å²) in [7, 11) is 1.68. The van der Waals surface area contributed by atoms with E-state index >= 15 is 0 Å². The van der Waals surface area contributed by atoms with Gasteiger partial charge in [-0.2, -0.15) is 0 Å². The zero-order valence-electron chi connectivity index (χ0n) is 11.8. The zero-order valence-corrected chi connectivity index (χ0v) is 11.8. The van der Waals surface area contributed by atoms with E-state index in [2.05, 4.69) is 17.4 Å². The molecule has 0 spiro atoms. The summed E-state index contributed by atoms with van der Waals surface area (Å²) in [5, 5.41) is 16.2. The average molecular weight is 271 g/mol. The van der Waals surface area contributed by atoms with Crippen LogP contribution in [0.1, 0.15) is 24.5 Å². The molecule has 106 valence electrons. The Morgan fingerprint density at radius 2 is 1.80 bits per heavy atom. The summed E-state index contributed by atoms with van der Waals surface area (Å²) >= 11 is 0. The molecular formula is C17H21NO2. The summed E-state index contributed by atoms with van der Waals surface area (Å²) in [6, 6.07) is 12.2. The molecule has 1 saturated heterocycles. The van der Waals surface area contributed by atoms with Gasteiger partial charge in [0, 0.05) is 0 Å². The molecule has 0 bridgehead atoms. The van der Waals surface area contributed by atoms with Gasteiger partial charge in [0.15, 0.2) is 0 Å². The molecular weight excluding hydrogens is 250 g/mol. The maximum Gasteiger partial charge on any atom is 0.119 e. The van der Waals surface area contributed by atoms with Crippen molar-refractivity contribution in [1.29, 1.82) is 0 Å². The Bertz CT molecular complexity index is 591. The van der Waals surface area contributed by atoms with Crippen LogP contribution in [0.5, 0.6) is 5.75 Å². The molecule has 2 aromatic carbocycles. The van der Waals surface area contributed by atoms with E-state index in [1.807, 2.05) is 24.3 Å². The molecule has 1 unspecified atom stereocenters. The van der Waals surface area contributed by atoms with Gasteiger partial charge in [-0.3, -0.25) is 0 Å². The lowest BCUT2D eigenvalue weighted by molar-refractivity contribution is 0.0890. The zero-order chi connectivity index (χ0) is 13.9. The summed E-state index contributed by atoms with van der Waals surface area (Å²) in [5.74, 6) is 1.23. The van der Waals surface area contributed by atoms with Crippen LogP contribution in [0.15, 0.2) is 36.4 Å². The van der Waals surface area contributed by atoms with E-state index in [1.54, 1.807) is 7.11 Å². The van der Waals surface area contributed by atoms with Crippen molar-refractivity contribution in [2.24, 2.45) is 5.92 Å². The molecule has 1 aliphatic heterocycles. The first-order valence-corrected chi connectivity index (χ1v) is 7.24. The number of aliphatic hydroxyl groups is 1. The van der Waals surface area contributed by atoms with Gasteiger partial charge in [0.05, 0.1) is 13.2 Å². The Hall–Kier alpha value is -1.58. The lowest BCUT2D eigenvalue weighted by atomic mass is 9.87. The second-order valence-corrected chi connectivity index (χ2v) is 5.50. The quantitative estimate of drug-likeness (QED) is 0.902. The molecule has 3 heteroatoms. The molecule has 0 radical (unpaired) electrons. The van der Waals surface area contributed by atoms with Gasteiger partial charge in [0.2, 0.25) is 0 Å². The molecule has 20 heavy (non-hydrogen) atoms. The molecule has 3 rings (SSSR count). The number of nitrogens with one attached hydrogen (secondary N) is 1. The normalized spacial score (nSPS) is 18.1. The SMILES string of the molecule is COc1ccc2cc(C(O)C3CCNCC3)ccc2c1. The fourth-order valence-electron chi connectivity index (χ4n) is 2.99. The molecule has 1 fully saturated rings. The minimum atomic E-state index is -0.358. The van der Waals surface area contributed by atoms with E-state index in [0.29, 0.717) is 5.92 Å². The summed E-state index contributed by atoms with van der Waals surface area (Å²) in [4.78, 5) is 0. The third-order valence-corrected chi connectivity index (χ3v) is 4.24. The van der Waals surface area contributed by atoms with Gasteiger partial charge in [-0.1, -0.05) is 18.2 Å². The highest BCUT2D eigenvalue weighted by Gasteiger charge is 2.22. The minimum Gasteiger partial charge on any atom is -0.497 e. The predicted molar refractivity (Wildman–Crippen MR) is 81.1 cm³/mol. The van der Waals surface area contributed by atoms with E-state index in [9.17, 15) is 5.11 Å². The second-order valence-electron chi connectivity index (χ2n) is 5.50. The van der Waals surface area contributed by atoms with Gasteiger partial charge in [-0.15, -0.1) is 0 Å². The van der Waals surface area contributed by atoms with Gasteiger partial charge in [-0.25, -0.2) is 0 Å². The van der Waals surface area contributed by atoms with Crippen LogP contribution in [0, 0.1) is 5.92 Å². The maximum absolute atomic E-state index is 10.6. The smallest absolute Gasteiger partial charge is 0.119 e. The molecule has 0 saturated carbocycles. The van der Waals surface area contributed by atoms with Gasteiger partial charge in [0.25, 0.3) is 0 Å². The highest BCUT2D eigenvalue weighted by atomic mass is 16.5. The Morgan fingerprint density at radius 3 is 2.55 bits per heavy atom. The van der Waals surface area contributed by atoms with E-state index < -0.39 is 0 Å². The lowest BCUT2D eigenvalue weighted by Crippen LogP contribution is -2.30. The van der Waals surface area contributed by atoms with E-state index in [4.69, 9.17) is 4.74 Å². The summed E-state index contributed by atoms with van der Waals surface area (Å²) in [6.45, 7) is 2.01. The minimum absolute atomic E-state index is 0.358. The summed E-state index contributed by atoms with van der Waals surface area (Å²) in [6.07, 6.45) is 1.73. The number of ether oxygens (including phenoxy) is 1. The predicted octanol–water partition coefficient (Wildman–Crippen LogP) is 2.88. The fraction of sp³-hybridized carbons (Fsp3) is 0.412. The number of hydrogen-bond acceptors (Lipinski definition) is 3. The van der Waals surface area contributed by atoms with Crippen LogP contribution in [0.4, 0.5) is 0 Å². The van der Waals surface area contributed by atoms with Crippen LogP contribution in [0.3, 0.4) is 0 Å². The number of piperidine rings is 1. The number of methoxy groups -OCH3 is 1. The third kappa shape index (κ3) is 2.65. The van der Waals surface area contributed by atoms with Crippen molar-refractivity contribution in [3.05, 3.63) is 42.0 Å². The number of fused-ring (bicyclic) bond motifs is 1. The van der Waals surface area contributed by atoms with Crippen molar-refractivity contribution < 1.29 is 9.84 Å². The largest absolute Gasteiger partial charge is 0.497 e.